The van der Waals surface area contributed by atoms with Gasteiger partial charge in [-0.1, -0.05) is 6.07 Å². The minimum Gasteiger partial charge on any atom is -0.493 e. The smallest absolute Gasteiger partial charge is 0.161 e. The Kier molecular flexibility index (Phi) is 5.26. The SMILES string of the molecule is COc1ccc(C(C)NCc2cc(C)sc2C)cc1OC. The zero-order valence-electron chi connectivity index (χ0n) is 13.3. The molecule has 21 heavy (non-hydrogen) atoms. The quantitative estimate of drug-likeness (QED) is 0.866. The van der Waals surface area contributed by atoms with E-state index < -0.39 is 0 Å². The van der Waals surface area contributed by atoms with Crippen LogP contribution in [0.5, 0.6) is 11.5 Å². The van der Waals surface area contributed by atoms with Crippen LogP contribution < -0.4 is 14.8 Å². The maximum Gasteiger partial charge on any atom is 0.161 e. The van der Waals surface area contributed by atoms with E-state index >= 15 is 0 Å². The molecule has 1 aromatic carbocycles. The summed E-state index contributed by atoms with van der Waals surface area (Å²) in [5, 5.41) is 3.57. The number of rotatable bonds is 6. The number of methoxy groups -OCH3 is 2. The number of hydrogen-bond donors (Lipinski definition) is 1. The average molecular weight is 305 g/mol. The van der Waals surface area contributed by atoms with Gasteiger partial charge < -0.3 is 14.8 Å². The lowest BCUT2D eigenvalue weighted by molar-refractivity contribution is 0.354. The maximum atomic E-state index is 5.36. The minimum atomic E-state index is 0.254. The Morgan fingerprint density at radius 3 is 2.38 bits per heavy atom. The van der Waals surface area contributed by atoms with Gasteiger partial charge in [0.05, 0.1) is 14.2 Å². The molecule has 4 heteroatoms. The third-order valence-corrected chi connectivity index (χ3v) is 4.66. The van der Waals surface area contributed by atoms with E-state index in [0.29, 0.717) is 0 Å². The molecule has 1 N–H and O–H groups in total. The molecule has 0 saturated heterocycles. The van der Waals surface area contributed by atoms with Crippen LogP contribution in [0.3, 0.4) is 0 Å². The van der Waals surface area contributed by atoms with Crippen molar-refractivity contribution in [3.8, 4) is 11.5 Å². The van der Waals surface area contributed by atoms with Gasteiger partial charge in [0.15, 0.2) is 11.5 Å². The summed E-state index contributed by atoms with van der Waals surface area (Å²) in [6.07, 6.45) is 0. The molecule has 1 unspecified atom stereocenters. The van der Waals surface area contributed by atoms with Crippen molar-refractivity contribution in [2.45, 2.75) is 33.4 Å². The minimum absolute atomic E-state index is 0.254. The van der Waals surface area contributed by atoms with Crippen LogP contribution in [0, 0.1) is 13.8 Å². The Balaban J connectivity index is 2.06. The lowest BCUT2D eigenvalue weighted by Gasteiger charge is -2.16. The number of nitrogens with one attached hydrogen (secondary N) is 1. The summed E-state index contributed by atoms with van der Waals surface area (Å²) in [6.45, 7) is 7.37. The molecule has 0 fully saturated rings. The van der Waals surface area contributed by atoms with Crippen LogP contribution in [-0.2, 0) is 6.54 Å². The van der Waals surface area contributed by atoms with Gasteiger partial charge >= 0.3 is 0 Å². The summed E-state index contributed by atoms with van der Waals surface area (Å²) in [6, 6.07) is 8.57. The lowest BCUT2D eigenvalue weighted by atomic mass is 10.1. The van der Waals surface area contributed by atoms with E-state index in [-0.39, 0.29) is 6.04 Å². The van der Waals surface area contributed by atoms with Gasteiger partial charge in [0, 0.05) is 22.3 Å². The van der Waals surface area contributed by atoms with E-state index in [2.05, 4.69) is 38.2 Å². The van der Waals surface area contributed by atoms with Gasteiger partial charge in [-0.3, -0.25) is 0 Å². The molecule has 0 saturated carbocycles. The number of thiophene rings is 1. The van der Waals surface area contributed by atoms with Gasteiger partial charge in [-0.15, -0.1) is 11.3 Å². The number of ether oxygens (including phenoxy) is 2. The van der Waals surface area contributed by atoms with Crippen LogP contribution in [0.4, 0.5) is 0 Å². The highest BCUT2D eigenvalue weighted by Gasteiger charge is 2.11. The van der Waals surface area contributed by atoms with Gasteiger partial charge in [0.1, 0.15) is 0 Å². The number of hydrogen-bond acceptors (Lipinski definition) is 4. The molecule has 0 aliphatic heterocycles. The fourth-order valence-electron chi connectivity index (χ4n) is 2.36. The predicted octanol–water partition coefficient (Wildman–Crippen LogP) is 4.23. The van der Waals surface area contributed by atoms with E-state index in [1.54, 1.807) is 14.2 Å². The molecule has 0 amide bonds. The van der Waals surface area contributed by atoms with E-state index in [0.717, 1.165) is 18.0 Å². The Morgan fingerprint density at radius 1 is 1.10 bits per heavy atom. The molecule has 2 rings (SSSR count). The van der Waals surface area contributed by atoms with Crippen molar-refractivity contribution in [1.29, 1.82) is 0 Å². The zero-order chi connectivity index (χ0) is 15.4. The van der Waals surface area contributed by atoms with Crippen molar-refractivity contribution >= 4 is 11.3 Å². The first-order chi connectivity index (χ1) is 10.0. The summed E-state index contributed by atoms with van der Waals surface area (Å²) in [5.74, 6) is 1.53. The number of aryl methyl sites for hydroxylation is 2. The third kappa shape index (κ3) is 3.77. The van der Waals surface area contributed by atoms with Gasteiger partial charge in [0.25, 0.3) is 0 Å². The van der Waals surface area contributed by atoms with Gasteiger partial charge in [0.2, 0.25) is 0 Å². The second-order valence-electron chi connectivity index (χ2n) is 5.16. The molecular weight excluding hydrogens is 282 g/mol. The Hall–Kier alpha value is -1.52. The van der Waals surface area contributed by atoms with Crippen LogP contribution in [-0.4, -0.2) is 14.2 Å². The number of benzene rings is 1. The summed E-state index contributed by atoms with van der Waals surface area (Å²) in [7, 11) is 3.32. The highest BCUT2D eigenvalue weighted by molar-refractivity contribution is 7.12. The van der Waals surface area contributed by atoms with Crippen molar-refractivity contribution in [2.24, 2.45) is 0 Å². The van der Waals surface area contributed by atoms with E-state index in [9.17, 15) is 0 Å². The average Bonchev–Trinajstić information content (AvgIpc) is 2.81. The van der Waals surface area contributed by atoms with Crippen molar-refractivity contribution in [3.05, 3.63) is 45.1 Å². The first-order valence-electron chi connectivity index (χ1n) is 7.06. The molecule has 0 aliphatic rings. The molecule has 1 atom stereocenters. The summed E-state index contributed by atoms with van der Waals surface area (Å²) in [4.78, 5) is 2.75. The summed E-state index contributed by atoms with van der Waals surface area (Å²) in [5.41, 5.74) is 2.57. The van der Waals surface area contributed by atoms with Crippen molar-refractivity contribution in [2.75, 3.05) is 14.2 Å². The van der Waals surface area contributed by atoms with E-state index in [1.807, 2.05) is 23.5 Å². The second-order valence-corrected chi connectivity index (χ2v) is 6.62. The Morgan fingerprint density at radius 2 is 1.81 bits per heavy atom. The molecule has 114 valence electrons. The molecule has 1 heterocycles. The highest BCUT2D eigenvalue weighted by Crippen LogP contribution is 2.30. The summed E-state index contributed by atoms with van der Waals surface area (Å²) < 4.78 is 10.6. The van der Waals surface area contributed by atoms with Crippen molar-refractivity contribution in [1.82, 2.24) is 5.32 Å². The van der Waals surface area contributed by atoms with E-state index in [1.165, 1.54) is 20.9 Å². The summed E-state index contributed by atoms with van der Waals surface area (Å²) >= 11 is 1.85. The molecule has 0 spiro atoms. The van der Waals surface area contributed by atoms with Gasteiger partial charge in [-0.25, -0.2) is 0 Å². The van der Waals surface area contributed by atoms with Gasteiger partial charge in [-0.2, -0.15) is 0 Å². The predicted molar refractivity (Wildman–Crippen MR) is 88.6 cm³/mol. The maximum absolute atomic E-state index is 5.36. The van der Waals surface area contributed by atoms with Crippen molar-refractivity contribution < 1.29 is 9.47 Å². The second kappa shape index (κ2) is 6.96. The van der Waals surface area contributed by atoms with E-state index in [4.69, 9.17) is 9.47 Å². The normalized spacial score (nSPS) is 12.2. The highest BCUT2D eigenvalue weighted by atomic mass is 32.1. The Labute approximate surface area is 130 Å². The first kappa shape index (κ1) is 15.9. The zero-order valence-corrected chi connectivity index (χ0v) is 14.1. The largest absolute Gasteiger partial charge is 0.493 e. The molecule has 2 aromatic rings. The Bertz CT molecular complexity index is 607. The molecular formula is C17H23NO2S. The van der Waals surface area contributed by atoms with Crippen LogP contribution in [0.25, 0.3) is 0 Å². The first-order valence-corrected chi connectivity index (χ1v) is 7.88. The standard InChI is InChI=1S/C17H23NO2S/c1-11-8-15(13(3)21-11)10-18-12(2)14-6-7-16(19-4)17(9-14)20-5/h6-9,12,18H,10H2,1-5H3. The molecule has 0 aliphatic carbocycles. The molecule has 0 radical (unpaired) electrons. The topological polar surface area (TPSA) is 30.5 Å². The van der Waals surface area contributed by atoms with Crippen LogP contribution in [0.1, 0.15) is 33.8 Å². The molecule has 1 aromatic heterocycles. The fourth-order valence-corrected chi connectivity index (χ4v) is 3.31. The van der Waals surface area contributed by atoms with Crippen LogP contribution in [0.2, 0.25) is 0 Å². The van der Waals surface area contributed by atoms with Crippen molar-refractivity contribution in [3.63, 3.8) is 0 Å². The van der Waals surface area contributed by atoms with Crippen LogP contribution in [0.15, 0.2) is 24.3 Å². The van der Waals surface area contributed by atoms with Crippen LogP contribution >= 0.6 is 11.3 Å². The molecule has 0 bridgehead atoms. The lowest BCUT2D eigenvalue weighted by Crippen LogP contribution is -2.18. The monoisotopic (exact) mass is 305 g/mol. The molecule has 3 nitrogen and oxygen atoms in total. The fraction of sp³-hybridized carbons (Fsp3) is 0.412. The van der Waals surface area contributed by atoms with Gasteiger partial charge in [-0.05, 0) is 50.1 Å². The third-order valence-electron chi connectivity index (χ3n) is 3.65.